The zero-order chi connectivity index (χ0) is 37.4. The Morgan fingerprint density at radius 1 is 0.518 bits per heavy atom. The van der Waals surface area contributed by atoms with Gasteiger partial charge in [-0.1, -0.05) is 153 Å². The van der Waals surface area contributed by atoms with E-state index in [1.807, 2.05) is 30.3 Å². The molecule has 5 heteroatoms. The normalized spacial score (nSPS) is 13.8. The number of hydrogen-bond donors (Lipinski definition) is 0. The highest BCUT2D eigenvalue weighted by molar-refractivity contribution is 6.08. The Balaban J connectivity index is 0.975. The zero-order valence-electron chi connectivity index (χ0n) is 31.1. The molecule has 0 saturated carbocycles. The molecular weight excluding hydrogens is 685 g/mol. The van der Waals surface area contributed by atoms with E-state index in [2.05, 4.69) is 141 Å². The second-order valence-corrected chi connectivity index (χ2v) is 15.3. The maximum atomic E-state index is 6.31. The van der Waals surface area contributed by atoms with Gasteiger partial charge in [-0.25, -0.2) is 19.9 Å². The van der Waals surface area contributed by atoms with Gasteiger partial charge in [-0.15, -0.1) is 0 Å². The Hall–Kier alpha value is -6.98. The van der Waals surface area contributed by atoms with E-state index in [1.165, 1.54) is 33.4 Å². The van der Waals surface area contributed by atoms with E-state index < -0.39 is 0 Å². The molecule has 0 N–H and O–H groups in total. The van der Waals surface area contributed by atoms with Crippen LogP contribution in [0.25, 0.3) is 95.8 Å². The van der Waals surface area contributed by atoms with Crippen molar-refractivity contribution in [3.05, 3.63) is 174 Å². The summed E-state index contributed by atoms with van der Waals surface area (Å²) in [6.07, 6.45) is 6.46. The van der Waals surface area contributed by atoms with Crippen LogP contribution in [0.5, 0.6) is 0 Å². The van der Waals surface area contributed by atoms with Crippen LogP contribution in [0, 0.1) is 0 Å². The van der Waals surface area contributed by atoms with E-state index in [9.17, 15) is 0 Å². The van der Waals surface area contributed by atoms with Gasteiger partial charge in [0.2, 0.25) is 5.71 Å². The fraction of sp³-hybridized carbons (Fsp3) is 0.0980. The minimum absolute atomic E-state index is 0.126. The van der Waals surface area contributed by atoms with Crippen LogP contribution in [-0.2, 0) is 11.8 Å². The third-order valence-corrected chi connectivity index (χ3v) is 11.6. The number of hydrogen-bond acceptors (Lipinski definition) is 5. The first-order chi connectivity index (χ1) is 27.5. The molecular formula is C51H36N4O. The molecule has 6 aromatic carbocycles. The van der Waals surface area contributed by atoms with Crippen molar-refractivity contribution in [3.63, 3.8) is 0 Å². The van der Waals surface area contributed by atoms with Crippen molar-refractivity contribution in [1.82, 2.24) is 19.9 Å². The molecule has 0 fully saturated rings. The summed E-state index contributed by atoms with van der Waals surface area (Å²) in [5.41, 5.74) is 16.2. The standard InChI is InChI=1S/C51H36N4O/c1-51(2)42-21-10-8-17-37(42)38-28-27-36(30-43(38)51)49-54-47(32-13-4-3-5-14-32)53-48(55-49)33-25-23-31(24-26-33)34-15-12-16-35(29-34)46-40-19-7-6-18-39(40)45-41-20-9-11-22-44(41)56-50(45)52-46/h3-5,7-17,19-30H,6,18H2,1-2H3. The molecule has 2 aliphatic rings. The number of furan rings is 1. The highest BCUT2D eigenvalue weighted by atomic mass is 16.3. The first kappa shape index (κ1) is 32.5. The van der Waals surface area contributed by atoms with Gasteiger partial charge in [-0.05, 0) is 70.0 Å². The predicted molar refractivity (Wildman–Crippen MR) is 227 cm³/mol. The Labute approximate surface area is 325 Å². The van der Waals surface area contributed by atoms with Crippen molar-refractivity contribution in [3.8, 4) is 67.7 Å². The van der Waals surface area contributed by atoms with Gasteiger partial charge in [0.05, 0.1) is 11.1 Å². The lowest BCUT2D eigenvalue weighted by molar-refractivity contribution is 0.654. The molecule has 3 heterocycles. The number of aromatic nitrogens is 4. The average Bonchev–Trinajstić information content (AvgIpc) is 3.75. The molecule has 0 atom stereocenters. The van der Waals surface area contributed by atoms with Crippen molar-refractivity contribution >= 4 is 28.1 Å². The number of para-hydroxylation sites is 1. The largest absolute Gasteiger partial charge is 0.438 e. The monoisotopic (exact) mass is 720 g/mol. The lowest BCUT2D eigenvalue weighted by atomic mass is 9.82. The number of rotatable bonds is 5. The number of aryl methyl sites for hydroxylation is 1. The predicted octanol–water partition coefficient (Wildman–Crippen LogP) is 12.8. The lowest BCUT2D eigenvalue weighted by Crippen LogP contribution is -2.15. The van der Waals surface area contributed by atoms with Crippen molar-refractivity contribution in [2.45, 2.75) is 32.1 Å². The van der Waals surface area contributed by atoms with E-state index >= 15 is 0 Å². The van der Waals surface area contributed by atoms with Crippen LogP contribution in [0.2, 0.25) is 0 Å². The van der Waals surface area contributed by atoms with Gasteiger partial charge in [-0.2, -0.15) is 0 Å². The van der Waals surface area contributed by atoms with Crippen LogP contribution in [0.15, 0.2) is 156 Å². The SMILES string of the molecule is CC1(C)c2ccccc2-c2ccc(-c3nc(-c4ccccc4)nc(-c4ccc(-c5cccc(-c6nc7oc8ccccc8c7c7c6C=CCC7)c5)cc4)n3)cc21. The fourth-order valence-electron chi connectivity index (χ4n) is 8.78. The van der Waals surface area contributed by atoms with Crippen molar-refractivity contribution in [2.75, 3.05) is 0 Å². The molecule has 11 rings (SSSR count). The number of allylic oxidation sites excluding steroid dienone is 1. The third-order valence-electron chi connectivity index (χ3n) is 11.6. The van der Waals surface area contributed by atoms with Crippen molar-refractivity contribution in [1.29, 1.82) is 0 Å². The van der Waals surface area contributed by atoms with E-state index in [4.69, 9.17) is 24.4 Å². The molecule has 5 nitrogen and oxygen atoms in total. The summed E-state index contributed by atoms with van der Waals surface area (Å²) in [6, 6.07) is 50.9. The summed E-state index contributed by atoms with van der Waals surface area (Å²) in [7, 11) is 0. The molecule has 0 unspecified atom stereocenters. The molecule has 0 aliphatic heterocycles. The van der Waals surface area contributed by atoms with E-state index in [1.54, 1.807) is 0 Å². The summed E-state index contributed by atoms with van der Waals surface area (Å²) in [4.78, 5) is 20.3. The molecule has 9 aromatic rings. The maximum absolute atomic E-state index is 6.31. The second kappa shape index (κ2) is 12.5. The van der Waals surface area contributed by atoms with Gasteiger partial charge in [0, 0.05) is 38.6 Å². The number of fused-ring (bicyclic) bond motifs is 8. The molecule has 56 heavy (non-hydrogen) atoms. The Morgan fingerprint density at radius 2 is 1.16 bits per heavy atom. The maximum Gasteiger partial charge on any atom is 0.228 e. The van der Waals surface area contributed by atoms with Gasteiger partial charge in [-0.3, -0.25) is 0 Å². The molecule has 0 radical (unpaired) electrons. The Kier molecular flexibility index (Phi) is 7.27. The average molecular weight is 721 g/mol. The summed E-state index contributed by atoms with van der Waals surface area (Å²) < 4.78 is 6.31. The van der Waals surface area contributed by atoms with Crippen LogP contribution in [-0.4, -0.2) is 19.9 Å². The molecule has 266 valence electrons. The number of benzene rings is 6. The first-order valence-corrected chi connectivity index (χ1v) is 19.3. The molecule has 3 aromatic heterocycles. The summed E-state index contributed by atoms with van der Waals surface area (Å²) in [5, 5.41) is 2.27. The van der Waals surface area contributed by atoms with Gasteiger partial charge in [0.15, 0.2) is 17.5 Å². The highest BCUT2D eigenvalue weighted by Crippen LogP contribution is 2.49. The topological polar surface area (TPSA) is 64.7 Å². The molecule has 0 amide bonds. The summed E-state index contributed by atoms with van der Waals surface area (Å²) in [6.45, 7) is 4.60. The van der Waals surface area contributed by atoms with Crippen LogP contribution in [0.3, 0.4) is 0 Å². The van der Waals surface area contributed by atoms with Crippen LogP contribution < -0.4 is 0 Å². The minimum atomic E-state index is -0.126. The summed E-state index contributed by atoms with van der Waals surface area (Å²) >= 11 is 0. The molecule has 0 bridgehead atoms. The van der Waals surface area contributed by atoms with Crippen molar-refractivity contribution < 1.29 is 4.42 Å². The zero-order valence-corrected chi connectivity index (χ0v) is 31.1. The Bertz CT molecular complexity index is 3050. The fourth-order valence-corrected chi connectivity index (χ4v) is 8.78. The lowest BCUT2D eigenvalue weighted by Gasteiger charge is -2.21. The Morgan fingerprint density at radius 3 is 2.00 bits per heavy atom. The molecule has 0 spiro atoms. The van der Waals surface area contributed by atoms with Crippen LogP contribution >= 0.6 is 0 Å². The molecule has 0 saturated heterocycles. The van der Waals surface area contributed by atoms with Gasteiger partial charge in [0.1, 0.15) is 5.58 Å². The number of pyridine rings is 1. The van der Waals surface area contributed by atoms with Crippen LogP contribution in [0.4, 0.5) is 0 Å². The van der Waals surface area contributed by atoms with E-state index in [0.29, 0.717) is 23.2 Å². The first-order valence-electron chi connectivity index (χ1n) is 19.3. The summed E-state index contributed by atoms with van der Waals surface area (Å²) in [5.74, 6) is 1.95. The quantitative estimate of drug-likeness (QED) is 0.177. The van der Waals surface area contributed by atoms with Gasteiger partial charge < -0.3 is 4.42 Å². The third kappa shape index (κ3) is 5.15. The van der Waals surface area contributed by atoms with E-state index in [0.717, 1.165) is 68.3 Å². The van der Waals surface area contributed by atoms with E-state index in [-0.39, 0.29) is 5.41 Å². The highest BCUT2D eigenvalue weighted by Gasteiger charge is 2.35. The number of nitrogens with zero attached hydrogens (tertiary/aromatic N) is 4. The smallest absolute Gasteiger partial charge is 0.228 e. The van der Waals surface area contributed by atoms with Gasteiger partial charge >= 0.3 is 0 Å². The van der Waals surface area contributed by atoms with Crippen LogP contribution in [0.1, 0.15) is 42.5 Å². The molecule has 2 aliphatic carbocycles. The second-order valence-electron chi connectivity index (χ2n) is 15.3. The van der Waals surface area contributed by atoms with Crippen molar-refractivity contribution in [2.24, 2.45) is 0 Å². The minimum Gasteiger partial charge on any atom is -0.438 e. The van der Waals surface area contributed by atoms with Gasteiger partial charge in [0.25, 0.3) is 0 Å².